The molecule has 0 atom stereocenters. The lowest BCUT2D eigenvalue weighted by Gasteiger charge is -2.32. The first-order chi connectivity index (χ1) is 14.5. The van der Waals surface area contributed by atoms with Crippen molar-refractivity contribution in [2.45, 2.75) is 52.0 Å². The van der Waals surface area contributed by atoms with E-state index in [0.717, 1.165) is 62.4 Å². The monoisotopic (exact) mass is 409 g/mol. The van der Waals surface area contributed by atoms with Crippen LogP contribution in [0.5, 0.6) is 0 Å². The van der Waals surface area contributed by atoms with E-state index in [9.17, 15) is 0 Å². The minimum atomic E-state index is 0.314. The second-order valence-electron chi connectivity index (χ2n) is 8.09. The Kier molecular flexibility index (Phi) is 5.98. The third-order valence-electron chi connectivity index (χ3n) is 5.54. The number of piperidine rings is 1. The van der Waals surface area contributed by atoms with Crippen LogP contribution in [0.25, 0.3) is 5.65 Å². The first-order valence-electron chi connectivity index (χ1n) is 10.7. The molecule has 1 aliphatic heterocycles. The van der Waals surface area contributed by atoms with Crippen LogP contribution in [-0.2, 0) is 6.42 Å². The van der Waals surface area contributed by atoms with Crippen LogP contribution in [0.15, 0.2) is 18.5 Å². The van der Waals surface area contributed by atoms with Crippen molar-refractivity contribution in [2.24, 2.45) is 5.73 Å². The van der Waals surface area contributed by atoms with Gasteiger partial charge in [-0.25, -0.2) is 14.5 Å². The van der Waals surface area contributed by atoms with E-state index in [4.69, 9.17) is 16.5 Å². The number of aromatic nitrogens is 5. The Bertz CT molecular complexity index is 1010. The molecule has 1 fully saturated rings. The zero-order valence-corrected chi connectivity index (χ0v) is 17.8. The van der Waals surface area contributed by atoms with Crippen molar-refractivity contribution < 1.29 is 0 Å². The summed E-state index contributed by atoms with van der Waals surface area (Å²) in [6.07, 6.45) is 8.71. The van der Waals surface area contributed by atoms with Crippen LogP contribution in [0, 0.1) is 6.92 Å². The third kappa shape index (κ3) is 4.46. The quantitative estimate of drug-likeness (QED) is 0.507. The molecule has 0 amide bonds. The van der Waals surface area contributed by atoms with E-state index >= 15 is 0 Å². The summed E-state index contributed by atoms with van der Waals surface area (Å²) in [6.45, 7) is 7.01. The minimum absolute atomic E-state index is 0.314. The summed E-state index contributed by atoms with van der Waals surface area (Å²) in [4.78, 5) is 16.0. The van der Waals surface area contributed by atoms with Gasteiger partial charge in [-0.2, -0.15) is 4.98 Å². The molecule has 0 radical (unpaired) electrons. The number of pyridine rings is 1. The Morgan fingerprint density at radius 2 is 2.03 bits per heavy atom. The van der Waals surface area contributed by atoms with Gasteiger partial charge in [-0.05, 0) is 37.3 Å². The molecule has 4 rings (SSSR count). The molecule has 0 aliphatic carbocycles. The van der Waals surface area contributed by atoms with Crippen molar-refractivity contribution >= 4 is 23.2 Å². The second kappa shape index (κ2) is 8.83. The number of unbranched alkanes of at least 4 members (excludes halogenated alkanes) is 1. The zero-order valence-electron chi connectivity index (χ0n) is 17.8. The van der Waals surface area contributed by atoms with Crippen LogP contribution in [0.2, 0.25) is 0 Å². The van der Waals surface area contributed by atoms with Gasteiger partial charge in [0.2, 0.25) is 5.95 Å². The average Bonchev–Trinajstić information content (AvgIpc) is 3.12. The number of hydrogen-bond acceptors (Lipinski definition) is 8. The number of nitrogens with one attached hydrogen (secondary N) is 1. The molecule has 3 aromatic rings. The van der Waals surface area contributed by atoms with E-state index in [0.29, 0.717) is 29.9 Å². The highest BCUT2D eigenvalue weighted by molar-refractivity contribution is 5.61. The van der Waals surface area contributed by atoms with Gasteiger partial charge in [0.25, 0.3) is 0 Å². The van der Waals surface area contributed by atoms with Crippen molar-refractivity contribution in [3.63, 3.8) is 0 Å². The molecule has 9 heteroatoms. The van der Waals surface area contributed by atoms with E-state index in [1.54, 1.807) is 4.52 Å². The lowest BCUT2D eigenvalue weighted by Crippen LogP contribution is -2.40. The highest BCUT2D eigenvalue weighted by atomic mass is 15.3. The summed E-state index contributed by atoms with van der Waals surface area (Å²) in [5.74, 6) is 1.96. The van der Waals surface area contributed by atoms with Crippen molar-refractivity contribution in [3.8, 4) is 0 Å². The van der Waals surface area contributed by atoms with Crippen LogP contribution in [0.1, 0.15) is 49.4 Å². The highest BCUT2D eigenvalue weighted by Crippen LogP contribution is 2.23. The van der Waals surface area contributed by atoms with Crippen molar-refractivity contribution in [1.82, 2.24) is 24.6 Å². The SMILES string of the molecule is CCCCNc1nc(N)c2nc(Cc3cnc(N4CCC(N)CC4)c(C)c3)cn2n1. The lowest BCUT2D eigenvalue weighted by atomic mass is 10.0. The molecule has 0 spiro atoms. The number of imidazole rings is 1. The van der Waals surface area contributed by atoms with Gasteiger partial charge in [-0.15, -0.1) is 5.10 Å². The molecule has 0 bridgehead atoms. The fourth-order valence-electron chi connectivity index (χ4n) is 3.87. The van der Waals surface area contributed by atoms with Crippen molar-refractivity contribution in [1.29, 1.82) is 0 Å². The Morgan fingerprint density at radius 3 is 2.77 bits per heavy atom. The summed E-state index contributed by atoms with van der Waals surface area (Å²) in [5.41, 5.74) is 15.9. The van der Waals surface area contributed by atoms with Gasteiger partial charge < -0.3 is 21.7 Å². The Hall–Kier alpha value is -2.94. The van der Waals surface area contributed by atoms with Gasteiger partial charge in [-0.1, -0.05) is 19.4 Å². The smallest absolute Gasteiger partial charge is 0.243 e. The number of aryl methyl sites for hydroxylation is 1. The summed E-state index contributed by atoms with van der Waals surface area (Å²) >= 11 is 0. The van der Waals surface area contributed by atoms with Crippen LogP contribution in [-0.4, -0.2) is 50.2 Å². The largest absolute Gasteiger partial charge is 0.380 e. The Labute approximate surface area is 176 Å². The van der Waals surface area contributed by atoms with E-state index in [1.807, 2.05) is 12.4 Å². The number of anilines is 3. The topological polar surface area (TPSA) is 123 Å². The summed E-state index contributed by atoms with van der Waals surface area (Å²) in [5, 5.41) is 7.70. The number of rotatable bonds is 7. The molecule has 160 valence electrons. The summed E-state index contributed by atoms with van der Waals surface area (Å²) in [6, 6.07) is 2.50. The van der Waals surface area contributed by atoms with E-state index < -0.39 is 0 Å². The predicted octanol–water partition coefficient (Wildman–Crippen LogP) is 2.14. The number of nitrogens with zero attached hydrogens (tertiary/aromatic N) is 6. The summed E-state index contributed by atoms with van der Waals surface area (Å²) in [7, 11) is 0. The van der Waals surface area contributed by atoms with Gasteiger partial charge in [-0.3, -0.25) is 0 Å². The number of nitrogen functional groups attached to an aromatic ring is 1. The first kappa shape index (κ1) is 20.3. The number of hydrogen-bond donors (Lipinski definition) is 3. The molecule has 0 aromatic carbocycles. The lowest BCUT2D eigenvalue weighted by molar-refractivity contribution is 0.498. The molecule has 3 aromatic heterocycles. The summed E-state index contributed by atoms with van der Waals surface area (Å²) < 4.78 is 1.71. The molecule has 1 saturated heterocycles. The average molecular weight is 410 g/mol. The molecule has 0 saturated carbocycles. The highest BCUT2D eigenvalue weighted by Gasteiger charge is 2.19. The second-order valence-corrected chi connectivity index (χ2v) is 8.09. The maximum absolute atomic E-state index is 6.10. The normalized spacial score (nSPS) is 15.1. The molecule has 0 unspecified atom stereocenters. The van der Waals surface area contributed by atoms with Crippen LogP contribution < -0.4 is 21.7 Å². The van der Waals surface area contributed by atoms with E-state index in [-0.39, 0.29) is 0 Å². The van der Waals surface area contributed by atoms with Gasteiger partial charge in [0.1, 0.15) is 5.82 Å². The maximum atomic E-state index is 6.10. The maximum Gasteiger partial charge on any atom is 0.243 e. The van der Waals surface area contributed by atoms with Gasteiger partial charge in [0, 0.05) is 38.3 Å². The molecule has 5 N–H and O–H groups in total. The van der Waals surface area contributed by atoms with Gasteiger partial charge in [0.15, 0.2) is 11.5 Å². The van der Waals surface area contributed by atoms with Crippen molar-refractivity contribution in [3.05, 3.63) is 35.3 Å². The van der Waals surface area contributed by atoms with Crippen molar-refractivity contribution in [2.75, 3.05) is 35.6 Å². The molecule has 9 nitrogen and oxygen atoms in total. The van der Waals surface area contributed by atoms with Crippen LogP contribution in [0.3, 0.4) is 0 Å². The molecular formula is C21H31N9. The molecular weight excluding hydrogens is 378 g/mol. The Balaban J connectivity index is 1.49. The van der Waals surface area contributed by atoms with E-state index in [1.165, 1.54) is 5.56 Å². The number of fused-ring (bicyclic) bond motifs is 1. The fourth-order valence-corrected chi connectivity index (χ4v) is 3.87. The predicted molar refractivity (Wildman–Crippen MR) is 120 cm³/mol. The number of nitrogens with two attached hydrogens (primary N) is 2. The molecule has 30 heavy (non-hydrogen) atoms. The van der Waals surface area contributed by atoms with Gasteiger partial charge in [0.05, 0.1) is 11.9 Å². The Morgan fingerprint density at radius 1 is 1.23 bits per heavy atom. The fraction of sp³-hybridized carbons (Fsp3) is 0.524. The standard InChI is InChI=1S/C21H31N9/c1-3-4-7-24-21-27-18(23)20-26-17(13-30(20)28-21)11-15-10-14(2)19(25-12-15)29-8-5-16(22)6-9-29/h10,12-13,16H,3-9,11,22H2,1-2H3,(H3,23,24,27,28). The first-order valence-corrected chi connectivity index (χ1v) is 10.7. The zero-order chi connectivity index (χ0) is 21.1. The van der Waals surface area contributed by atoms with Crippen LogP contribution in [0.4, 0.5) is 17.6 Å². The molecule has 4 heterocycles. The minimum Gasteiger partial charge on any atom is -0.380 e. The molecule has 1 aliphatic rings. The van der Waals surface area contributed by atoms with Gasteiger partial charge >= 0.3 is 0 Å². The van der Waals surface area contributed by atoms with E-state index in [2.05, 4.69) is 45.2 Å². The van der Waals surface area contributed by atoms with Crippen LogP contribution >= 0.6 is 0 Å². The third-order valence-corrected chi connectivity index (χ3v) is 5.54.